The lowest BCUT2D eigenvalue weighted by atomic mass is 10.2. The van der Waals surface area contributed by atoms with Crippen LogP contribution in [-0.4, -0.2) is 46.8 Å². The van der Waals surface area contributed by atoms with Gasteiger partial charge in [-0.2, -0.15) is 0 Å². The number of amides is 2. The van der Waals surface area contributed by atoms with Crippen molar-refractivity contribution in [3.05, 3.63) is 28.8 Å². The van der Waals surface area contributed by atoms with E-state index in [2.05, 4.69) is 5.32 Å². The Labute approximate surface area is 122 Å². The molecule has 1 aromatic carbocycles. The summed E-state index contributed by atoms with van der Waals surface area (Å²) in [7, 11) is 0. The van der Waals surface area contributed by atoms with Gasteiger partial charge >= 0.3 is 12.0 Å². The molecule has 0 unspecified atom stereocenters. The molecule has 3 N–H and O–H groups in total. The van der Waals surface area contributed by atoms with Gasteiger partial charge in [0.15, 0.2) is 0 Å². The summed E-state index contributed by atoms with van der Waals surface area (Å²) >= 11 is 5.83. The average molecular weight is 301 g/mol. The Morgan fingerprint density at radius 2 is 2.10 bits per heavy atom. The number of aliphatic hydroxyl groups is 1. The molecule has 1 rings (SSSR count). The van der Waals surface area contributed by atoms with Gasteiger partial charge in [-0.1, -0.05) is 17.7 Å². The van der Waals surface area contributed by atoms with E-state index in [9.17, 15) is 9.59 Å². The largest absolute Gasteiger partial charge is 0.478 e. The van der Waals surface area contributed by atoms with Crippen molar-refractivity contribution in [3.8, 4) is 0 Å². The van der Waals surface area contributed by atoms with Crippen molar-refractivity contribution in [1.29, 1.82) is 0 Å². The van der Waals surface area contributed by atoms with Crippen LogP contribution in [0, 0.1) is 0 Å². The topological polar surface area (TPSA) is 89.9 Å². The number of carboxylic acid groups (broad SMARTS) is 1. The fourth-order valence-electron chi connectivity index (χ4n) is 1.70. The molecule has 0 bridgehead atoms. The molecule has 1 aromatic rings. The van der Waals surface area contributed by atoms with Gasteiger partial charge in [0.1, 0.15) is 5.56 Å². The highest BCUT2D eigenvalue weighted by atomic mass is 35.5. The van der Waals surface area contributed by atoms with E-state index in [0.717, 1.165) is 0 Å². The first-order valence-electron chi connectivity index (χ1n) is 6.19. The summed E-state index contributed by atoms with van der Waals surface area (Å²) in [5, 5.41) is 20.5. The molecule has 2 amide bonds. The maximum atomic E-state index is 12.0. The molecule has 0 saturated heterocycles. The predicted molar refractivity (Wildman–Crippen MR) is 76.4 cm³/mol. The number of halogens is 1. The van der Waals surface area contributed by atoms with E-state index in [4.69, 9.17) is 21.8 Å². The van der Waals surface area contributed by atoms with Gasteiger partial charge in [0, 0.05) is 19.7 Å². The summed E-state index contributed by atoms with van der Waals surface area (Å²) in [6.45, 7) is 2.63. The third-order valence-electron chi connectivity index (χ3n) is 2.72. The first-order chi connectivity index (χ1) is 9.51. The van der Waals surface area contributed by atoms with Gasteiger partial charge in [-0.25, -0.2) is 9.59 Å². The zero-order valence-electron chi connectivity index (χ0n) is 11.1. The smallest absolute Gasteiger partial charge is 0.339 e. The number of rotatable bonds is 6. The van der Waals surface area contributed by atoms with Crippen LogP contribution in [0.15, 0.2) is 18.2 Å². The Balaban J connectivity index is 2.89. The molecule has 0 atom stereocenters. The number of anilines is 1. The predicted octanol–water partition coefficient (Wildman–Crippen LogP) is 2.27. The van der Waals surface area contributed by atoms with E-state index < -0.39 is 12.0 Å². The summed E-state index contributed by atoms with van der Waals surface area (Å²) in [4.78, 5) is 24.7. The molecule has 0 radical (unpaired) electrons. The fourth-order valence-corrected chi connectivity index (χ4v) is 1.96. The van der Waals surface area contributed by atoms with Gasteiger partial charge < -0.3 is 20.4 Å². The van der Waals surface area contributed by atoms with Crippen LogP contribution in [0.25, 0.3) is 0 Å². The quantitative estimate of drug-likeness (QED) is 0.752. The van der Waals surface area contributed by atoms with E-state index in [0.29, 0.717) is 19.5 Å². The monoisotopic (exact) mass is 300 g/mol. The zero-order valence-corrected chi connectivity index (χ0v) is 11.9. The maximum Gasteiger partial charge on any atom is 0.339 e. The number of carboxylic acids is 1. The molecule has 110 valence electrons. The number of hydrogen-bond donors (Lipinski definition) is 3. The lowest BCUT2D eigenvalue weighted by Crippen LogP contribution is -2.36. The summed E-state index contributed by atoms with van der Waals surface area (Å²) in [5.41, 5.74) is 0.0122. The second kappa shape index (κ2) is 7.72. The second-order valence-electron chi connectivity index (χ2n) is 4.05. The minimum absolute atomic E-state index is 0.0126. The van der Waals surface area contributed by atoms with Gasteiger partial charge in [0.25, 0.3) is 0 Å². The van der Waals surface area contributed by atoms with Crippen LogP contribution in [0.4, 0.5) is 10.5 Å². The van der Waals surface area contributed by atoms with Gasteiger partial charge in [0.05, 0.1) is 10.7 Å². The molecule has 0 spiro atoms. The number of urea groups is 1. The van der Waals surface area contributed by atoms with Crippen molar-refractivity contribution in [2.24, 2.45) is 0 Å². The van der Waals surface area contributed by atoms with Crippen molar-refractivity contribution >= 4 is 29.3 Å². The molecule has 0 heterocycles. The Morgan fingerprint density at radius 1 is 1.40 bits per heavy atom. The first-order valence-corrected chi connectivity index (χ1v) is 6.57. The molecular formula is C13H17ClN2O4. The second-order valence-corrected chi connectivity index (χ2v) is 4.46. The Bertz CT molecular complexity index is 493. The van der Waals surface area contributed by atoms with Crippen LogP contribution in [-0.2, 0) is 0 Å². The van der Waals surface area contributed by atoms with Crippen molar-refractivity contribution in [2.75, 3.05) is 25.0 Å². The van der Waals surface area contributed by atoms with Crippen LogP contribution >= 0.6 is 11.6 Å². The Morgan fingerprint density at radius 3 is 2.65 bits per heavy atom. The molecule has 20 heavy (non-hydrogen) atoms. The Hall–Kier alpha value is -1.79. The van der Waals surface area contributed by atoms with Crippen LogP contribution in [0.5, 0.6) is 0 Å². The van der Waals surface area contributed by atoms with Crippen LogP contribution in [0.1, 0.15) is 23.7 Å². The summed E-state index contributed by atoms with van der Waals surface area (Å²) < 4.78 is 0. The maximum absolute atomic E-state index is 12.0. The molecule has 0 aliphatic heterocycles. The lowest BCUT2D eigenvalue weighted by molar-refractivity contribution is 0.0698. The first kappa shape index (κ1) is 16.3. The number of nitrogens with one attached hydrogen (secondary N) is 1. The third-order valence-corrected chi connectivity index (χ3v) is 3.04. The molecule has 7 heteroatoms. The highest BCUT2D eigenvalue weighted by Crippen LogP contribution is 2.24. The minimum Gasteiger partial charge on any atom is -0.478 e. The highest BCUT2D eigenvalue weighted by molar-refractivity contribution is 6.34. The van der Waals surface area contributed by atoms with Crippen LogP contribution in [0.3, 0.4) is 0 Å². The minimum atomic E-state index is -1.20. The molecule has 0 saturated carbocycles. The Kier molecular flexibility index (Phi) is 6.27. The van der Waals surface area contributed by atoms with E-state index in [1.165, 1.54) is 17.0 Å². The van der Waals surface area contributed by atoms with Crippen molar-refractivity contribution in [2.45, 2.75) is 13.3 Å². The van der Waals surface area contributed by atoms with E-state index >= 15 is 0 Å². The van der Waals surface area contributed by atoms with E-state index in [1.54, 1.807) is 13.0 Å². The SMILES string of the molecule is CCN(CCCO)C(=O)Nc1cccc(Cl)c1C(=O)O. The number of carbonyl (C=O) groups is 2. The number of hydrogen-bond acceptors (Lipinski definition) is 3. The third kappa shape index (κ3) is 4.11. The standard InChI is InChI=1S/C13H17ClN2O4/c1-2-16(7-4-8-17)13(20)15-10-6-3-5-9(14)11(10)12(18)19/h3,5-6,17H,2,4,7-8H2,1H3,(H,15,20)(H,18,19). The van der Waals surface area contributed by atoms with Crippen LogP contribution < -0.4 is 5.32 Å². The van der Waals surface area contributed by atoms with Gasteiger partial charge in [0.2, 0.25) is 0 Å². The average Bonchev–Trinajstić information content (AvgIpc) is 2.39. The van der Waals surface area contributed by atoms with Gasteiger partial charge in [-0.05, 0) is 25.5 Å². The van der Waals surface area contributed by atoms with Crippen molar-refractivity contribution in [1.82, 2.24) is 4.90 Å². The lowest BCUT2D eigenvalue weighted by Gasteiger charge is -2.21. The molecule has 6 nitrogen and oxygen atoms in total. The van der Waals surface area contributed by atoms with Crippen molar-refractivity contribution in [3.63, 3.8) is 0 Å². The number of benzene rings is 1. The van der Waals surface area contributed by atoms with Gasteiger partial charge in [-0.3, -0.25) is 0 Å². The van der Waals surface area contributed by atoms with Crippen LogP contribution in [0.2, 0.25) is 5.02 Å². The number of aromatic carboxylic acids is 1. The van der Waals surface area contributed by atoms with Crippen molar-refractivity contribution < 1.29 is 19.8 Å². The molecule has 0 fully saturated rings. The normalized spacial score (nSPS) is 10.2. The van der Waals surface area contributed by atoms with E-state index in [1.807, 2.05) is 0 Å². The zero-order chi connectivity index (χ0) is 15.1. The molecule has 0 aliphatic rings. The summed E-state index contributed by atoms with van der Waals surface area (Å²) in [6, 6.07) is 4.07. The number of nitrogens with zero attached hydrogens (tertiary/aromatic N) is 1. The van der Waals surface area contributed by atoms with E-state index in [-0.39, 0.29) is 22.9 Å². The molecular weight excluding hydrogens is 284 g/mol. The number of carbonyl (C=O) groups excluding carboxylic acids is 1. The summed E-state index contributed by atoms with van der Waals surface area (Å²) in [5.74, 6) is -1.20. The highest BCUT2D eigenvalue weighted by Gasteiger charge is 2.18. The fraction of sp³-hybridized carbons (Fsp3) is 0.385. The summed E-state index contributed by atoms with van der Waals surface area (Å²) in [6.07, 6.45) is 0.461. The molecule has 0 aromatic heterocycles. The number of aliphatic hydroxyl groups excluding tert-OH is 1. The van der Waals surface area contributed by atoms with Gasteiger partial charge in [-0.15, -0.1) is 0 Å². The molecule has 0 aliphatic carbocycles.